The topological polar surface area (TPSA) is 0 Å². The maximum atomic E-state index is 6.18. The maximum absolute atomic E-state index is 6.18. The minimum absolute atomic E-state index is 0.715. The number of rotatable bonds is 1. The van der Waals surface area contributed by atoms with Gasteiger partial charge >= 0.3 is 0 Å². The first-order chi connectivity index (χ1) is 11.1. The molecule has 0 atom stereocenters. The van der Waals surface area contributed by atoms with Gasteiger partial charge in [0, 0.05) is 20.6 Å². The van der Waals surface area contributed by atoms with Gasteiger partial charge in [0.2, 0.25) is 0 Å². The van der Waals surface area contributed by atoms with Crippen LogP contribution < -0.4 is 0 Å². The van der Waals surface area contributed by atoms with Crippen molar-refractivity contribution in [3.63, 3.8) is 0 Å². The molecule has 2 heteroatoms. The lowest BCUT2D eigenvalue weighted by Crippen LogP contribution is -1.86. The van der Waals surface area contributed by atoms with Crippen molar-refractivity contribution in [2.24, 2.45) is 0 Å². The Balaban J connectivity index is 2.07. The van der Waals surface area contributed by atoms with Crippen LogP contribution in [0.4, 0.5) is 0 Å². The molecule has 0 fully saturated rings. The predicted molar refractivity (Wildman–Crippen MR) is 102 cm³/mol. The smallest absolute Gasteiger partial charge is 0.0413 e. The van der Waals surface area contributed by atoms with Gasteiger partial charge in [-0.3, -0.25) is 0 Å². The van der Waals surface area contributed by atoms with Gasteiger partial charge in [0.1, 0.15) is 0 Å². The summed E-state index contributed by atoms with van der Waals surface area (Å²) >= 11 is 9.71. The second-order valence-electron chi connectivity index (χ2n) is 5.29. The second kappa shape index (κ2) is 7.04. The summed E-state index contributed by atoms with van der Waals surface area (Å²) in [6.45, 7) is 2.08. The molecule has 0 N–H and O–H groups in total. The molecule has 3 rings (SSSR count). The van der Waals surface area contributed by atoms with Crippen LogP contribution in [0.2, 0.25) is 5.02 Å². The van der Waals surface area contributed by atoms with Crippen LogP contribution in [0.15, 0.2) is 71.2 Å². The summed E-state index contributed by atoms with van der Waals surface area (Å²) in [5.41, 5.74) is 5.34. The highest BCUT2D eigenvalue weighted by Crippen LogP contribution is 2.27. The summed E-state index contributed by atoms with van der Waals surface area (Å²) in [7, 11) is 0. The third-order valence-electron chi connectivity index (χ3n) is 3.55. The molecule has 3 aromatic carbocycles. The molecule has 0 saturated carbocycles. The highest BCUT2D eigenvalue weighted by Gasteiger charge is 2.05. The molecular formula is C21H14BrCl. The lowest BCUT2D eigenvalue weighted by Gasteiger charge is -2.06. The molecule has 0 aliphatic rings. The molecule has 0 aliphatic carbocycles. The number of halogens is 2. The van der Waals surface area contributed by atoms with Gasteiger partial charge < -0.3 is 0 Å². The van der Waals surface area contributed by atoms with Crippen molar-refractivity contribution in [1.82, 2.24) is 0 Å². The molecule has 0 unspecified atom stereocenters. The third kappa shape index (κ3) is 3.85. The molecule has 0 saturated heterocycles. The van der Waals surface area contributed by atoms with Crippen molar-refractivity contribution in [1.29, 1.82) is 0 Å². The molecule has 0 aromatic heterocycles. The average molecular weight is 382 g/mol. The molecule has 0 radical (unpaired) electrons. The first-order valence-electron chi connectivity index (χ1n) is 7.26. The summed E-state index contributed by atoms with van der Waals surface area (Å²) in [5, 5.41) is 0.715. The van der Waals surface area contributed by atoms with E-state index >= 15 is 0 Å². The Hall–Kier alpha value is -2.01. The van der Waals surface area contributed by atoms with E-state index in [4.69, 9.17) is 11.6 Å². The Morgan fingerprint density at radius 2 is 1.52 bits per heavy atom. The Kier molecular flexibility index (Phi) is 4.86. The fraction of sp³-hybridized carbons (Fsp3) is 0.0476. The zero-order chi connectivity index (χ0) is 16.2. The molecular weight excluding hydrogens is 368 g/mol. The fourth-order valence-corrected chi connectivity index (χ4v) is 2.85. The van der Waals surface area contributed by atoms with Crippen molar-refractivity contribution in [2.75, 3.05) is 0 Å². The van der Waals surface area contributed by atoms with E-state index in [1.165, 1.54) is 5.56 Å². The molecule has 0 aliphatic heterocycles. The van der Waals surface area contributed by atoms with E-state index in [1.54, 1.807) is 0 Å². The molecule has 0 bridgehead atoms. The molecule has 23 heavy (non-hydrogen) atoms. The fourth-order valence-electron chi connectivity index (χ4n) is 2.29. The third-order valence-corrected chi connectivity index (χ3v) is 4.48. The highest BCUT2D eigenvalue weighted by atomic mass is 79.9. The zero-order valence-corrected chi connectivity index (χ0v) is 14.9. The summed E-state index contributed by atoms with van der Waals surface area (Å²) in [4.78, 5) is 0. The standard InChI is InChI=1S/C21H14BrCl/c1-15-6-8-16(9-7-15)20-14-19(23)13-12-17(20)10-11-18-4-2-3-5-21(18)22/h2-9,12-14H,1H3. The Labute approximate surface area is 150 Å². The first kappa shape index (κ1) is 15.9. The van der Waals surface area contributed by atoms with Gasteiger partial charge in [0.25, 0.3) is 0 Å². The van der Waals surface area contributed by atoms with Crippen molar-refractivity contribution in [3.05, 3.63) is 92.9 Å². The zero-order valence-electron chi connectivity index (χ0n) is 12.6. The van der Waals surface area contributed by atoms with E-state index < -0.39 is 0 Å². The lowest BCUT2D eigenvalue weighted by molar-refractivity contribution is 1.46. The number of benzene rings is 3. The molecule has 0 spiro atoms. The number of aryl methyl sites for hydroxylation is 1. The molecule has 0 heterocycles. The van der Waals surface area contributed by atoms with Gasteiger partial charge in [-0.15, -0.1) is 0 Å². The Morgan fingerprint density at radius 3 is 2.26 bits per heavy atom. The first-order valence-corrected chi connectivity index (χ1v) is 8.44. The van der Waals surface area contributed by atoms with Crippen molar-refractivity contribution in [3.8, 4) is 23.0 Å². The summed E-state index contributed by atoms with van der Waals surface area (Å²) in [5.74, 6) is 6.50. The van der Waals surface area contributed by atoms with Gasteiger partial charge in [-0.2, -0.15) is 0 Å². The average Bonchev–Trinajstić information content (AvgIpc) is 2.56. The maximum Gasteiger partial charge on any atom is 0.0413 e. The van der Waals surface area contributed by atoms with Crippen LogP contribution in [0.5, 0.6) is 0 Å². The van der Waals surface area contributed by atoms with Gasteiger partial charge in [-0.25, -0.2) is 0 Å². The van der Waals surface area contributed by atoms with Crippen LogP contribution in [0.3, 0.4) is 0 Å². The second-order valence-corrected chi connectivity index (χ2v) is 6.58. The normalized spacial score (nSPS) is 10.0. The molecule has 112 valence electrons. The summed E-state index contributed by atoms with van der Waals surface area (Å²) in [6.07, 6.45) is 0. The van der Waals surface area contributed by atoms with Gasteiger partial charge in [0.15, 0.2) is 0 Å². The highest BCUT2D eigenvalue weighted by molar-refractivity contribution is 9.10. The summed E-state index contributed by atoms with van der Waals surface area (Å²) < 4.78 is 0.998. The Bertz CT molecular complexity index is 899. The van der Waals surface area contributed by atoms with E-state index in [2.05, 4.69) is 59.0 Å². The quantitative estimate of drug-likeness (QED) is 0.423. The van der Waals surface area contributed by atoms with Crippen LogP contribution in [-0.2, 0) is 0 Å². The largest absolute Gasteiger partial charge is 0.0843 e. The Morgan fingerprint density at radius 1 is 0.826 bits per heavy atom. The van der Waals surface area contributed by atoms with Gasteiger partial charge in [-0.1, -0.05) is 65.4 Å². The van der Waals surface area contributed by atoms with Crippen LogP contribution in [0, 0.1) is 18.8 Å². The molecule has 3 aromatic rings. The van der Waals surface area contributed by atoms with Gasteiger partial charge in [0.05, 0.1) is 0 Å². The minimum Gasteiger partial charge on any atom is -0.0843 e. The predicted octanol–water partition coefficient (Wildman–Crippen LogP) is 6.48. The van der Waals surface area contributed by atoms with E-state index in [0.717, 1.165) is 26.7 Å². The van der Waals surface area contributed by atoms with Crippen molar-refractivity contribution in [2.45, 2.75) is 6.92 Å². The molecule has 0 nitrogen and oxygen atoms in total. The minimum atomic E-state index is 0.715. The number of hydrogen-bond donors (Lipinski definition) is 0. The summed E-state index contributed by atoms with van der Waals surface area (Å²) in [6, 6.07) is 22.2. The monoisotopic (exact) mass is 380 g/mol. The van der Waals surface area contributed by atoms with Crippen LogP contribution >= 0.6 is 27.5 Å². The molecule has 0 amide bonds. The van der Waals surface area contributed by atoms with E-state index in [9.17, 15) is 0 Å². The van der Waals surface area contributed by atoms with Crippen molar-refractivity contribution >= 4 is 27.5 Å². The SMILES string of the molecule is Cc1ccc(-c2cc(Cl)ccc2C#Cc2ccccc2Br)cc1. The number of hydrogen-bond acceptors (Lipinski definition) is 0. The lowest BCUT2D eigenvalue weighted by atomic mass is 9.99. The van der Waals surface area contributed by atoms with Gasteiger partial charge in [-0.05, 0) is 64.3 Å². The van der Waals surface area contributed by atoms with Crippen LogP contribution in [0.25, 0.3) is 11.1 Å². The van der Waals surface area contributed by atoms with Crippen LogP contribution in [0.1, 0.15) is 16.7 Å². The van der Waals surface area contributed by atoms with E-state index in [-0.39, 0.29) is 0 Å². The van der Waals surface area contributed by atoms with E-state index in [1.807, 2.05) is 42.5 Å². The van der Waals surface area contributed by atoms with E-state index in [0.29, 0.717) is 5.02 Å². The van der Waals surface area contributed by atoms with Crippen molar-refractivity contribution < 1.29 is 0 Å². The van der Waals surface area contributed by atoms with Crippen LogP contribution in [-0.4, -0.2) is 0 Å².